The number of fused-ring (bicyclic) bond motifs is 1. The number of benzene rings is 1. The minimum Gasteiger partial charge on any atom is -0.304 e. The van der Waals surface area contributed by atoms with Crippen molar-refractivity contribution in [2.24, 2.45) is 0 Å². The smallest absolute Gasteiger partial charge is 0.277 e. The summed E-state index contributed by atoms with van der Waals surface area (Å²) in [5, 5.41) is 11.4. The van der Waals surface area contributed by atoms with Crippen LogP contribution in [0.5, 0.6) is 0 Å². The number of carbonyl (C=O) groups excluding carboxylic acids is 1. The second kappa shape index (κ2) is 6.00. The van der Waals surface area contributed by atoms with Crippen LogP contribution in [-0.4, -0.2) is 25.3 Å². The quantitative estimate of drug-likeness (QED) is 0.629. The summed E-state index contributed by atoms with van der Waals surface area (Å²) < 4.78 is 3.46. The maximum atomic E-state index is 12.3. The molecule has 0 saturated heterocycles. The molecule has 4 aromatic rings. The number of carbonyl (C=O) groups is 1. The van der Waals surface area contributed by atoms with E-state index >= 15 is 0 Å². The van der Waals surface area contributed by atoms with Gasteiger partial charge in [-0.3, -0.25) is 9.48 Å². The SMILES string of the molecule is O=C(Nc1ccn(Cc2ccccc2)n1)c1cc2ccccn2n1. The third-order valence-electron chi connectivity index (χ3n) is 3.67. The number of rotatable bonds is 4. The Morgan fingerprint density at radius 1 is 0.958 bits per heavy atom. The van der Waals surface area contributed by atoms with E-state index in [4.69, 9.17) is 0 Å². The van der Waals surface area contributed by atoms with E-state index in [1.807, 2.05) is 54.7 Å². The van der Waals surface area contributed by atoms with Crippen molar-refractivity contribution in [1.82, 2.24) is 19.4 Å². The summed E-state index contributed by atoms with van der Waals surface area (Å²) in [4.78, 5) is 12.3. The van der Waals surface area contributed by atoms with Crippen molar-refractivity contribution in [3.05, 3.63) is 84.3 Å². The number of nitrogens with one attached hydrogen (secondary N) is 1. The van der Waals surface area contributed by atoms with Crippen LogP contribution in [0.1, 0.15) is 16.1 Å². The fraction of sp³-hybridized carbons (Fsp3) is 0.0556. The molecule has 1 N–H and O–H groups in total. The van der Waals surface area contributed by atoms with E-state index in [9.17, 15) is 4.79 Å². The molecule has 3 heterocycles. The molecule has 0 fully saturated rings. The zero-order valence-corrected chi connectivity index (χ0v) is 12.8. The lowest BCUT2D eigenvalue weighted by atomic mass is 10.2. The monoisotopic (exact) mass is 317 g/mol. The highest BCUT2D eigenvalue weighted by molar-refractivity contribution is 6.03. The minimum absolute atomic E-state index is 0.274. The van der Waals surface area contributed by atoms with Crippen LogP contribution in [0, 0.1) is 0 Å². The molecule has 0 aliphatic carbocycles. The Kier molecular flexibility index (Phi) is 3.55. The van der Waals surface area contributed by atoms with E-state index in [0.29, 0.717) is 18.1 Å². The highest BCUT2D eigenvalue weighted by Gasteiger charge is 2.12. The van der Waals surface area contributed by atoms with Gasteiger partial charge in [-0.15, -0.1) is 0 Å². The summed E-state index contributed by atoms with van der Waals surface area (Å²) >= 11 is 0. The van der Waals surface area contributed by atoms with E-state index in [2.05, 4.69) is 15.5 Å². The molecule has 24 heavy (non-hydrogen) atoms. The summed E-state index contributed by atoms with van der Waals surface area (Å²) in [6.45, 7) is 0.658. The molecule has 0 radical (unpaired) electrons. The van der Waals surface area contributed by atoms with Gasteiger partial charge in [0.15, 0.2) is 11.5 Å². The molecule has 4 rings (SSSR count). The first-order chi connectivity index (χ1) is 11.8. The molecule has 0 aliphatic heterocycles. The van der Waals surface area contributed by atoms with Crippen LogP contribution in [0.15, 0.2) is 73.1 Å². The average molecular weight is 317 g/mol. The van der Waals surface area contributed by atoms with Gasteiger partial charge < -0.3 is 5.32 Å². The van der Waals surface area contributed by atoms with Gasteiger partial charge in [0.25, 0.3) is 5.91 Å². The van der Waals surface area contributed by atoms with Gasteiger partial charge in [-0.05, 0) is 23.8 Å². The Hall–Kier alpha value is -3.41. The first kappa shape index (κ1) is 14.2. The number of hydrogen-bond acceptors (Lipinski definition) is 3. The van der Waals surface area contributed by atoms with Gasteiger partial charge in [-0.25, -0.2) is 4.52 Å². The maximum absolute atomic E-state index is 12.3. The zero-order chi connectivity index (χ0) is 16.4. The molecule has 1 aromatic carbocycles. The highest BCUT2D eigenvalue weighted by atomic mass is 16.2. The molecule has 1 amide bonds. The number of nitrogens with zero attached hydrogens (tertiary/aromatic N) is 4. The topological polar surface area (TPSA) is 64.2 Å². The molecule has 0 saturated carbocycles. The highest BCUT2D eigenvalue weighted by Crippen LogP contribution is 2.10. The van der Waals surface area contributed by atoms with Crippen LogP contribution in [0.25, 0.3) is 5.52 Å². The molecular formula is C18H15N5O. The summed E-state index contributed by atoms with van der Waals surface area (Å²) in [5.74, 6) is 0.233. The van der Waals surface area contributed by atoms with Gasteiger partial charge in [0.1, 0.15) is 0 Å². The van der Waals surface area contributed by atoms with E-state index < -0.39 is 0 Å². The van der Waals surface area contributed by atoms with Gasteiger partial charge >= 0.3 is 0 Å². The normalized spacial score (nSPS) is 10.8. The van der Waals surface area contributed by atoms with Crippen LogP contribution in [0.2, 0.25) is 0 Å². The summed E-state index contributed by atoms with van der Waals surface area (Å²) in [7, 11) is 0. The Morgan fingerprint density at radius 3 is 2.62 bits per heavy atom. The Labute approximate surface area is 138 Å². The summed E-state index contributed by atoms with van der Waals surface area (Å²) in [6.07, 6.45) is 3.65. The molecule has 0 unspecified atom stereocenters. The molecule has 0 bridgehead atoms. The molecule has 3 aromatic heterocycles. The molecular weight excluding hydrogens is 302 g/mol. The van der Waals surface area contributed by atoms with Gasteiger partial charge in [-0.2, -0.15) is 10.2 Å². The summed E-state index contributed by atoms with van der Waals surface area (Å²) in [6, 6.07) is 19.2. The van der Waals surface area contributed by atoms with Crippen LogP contribution >= 0.6 is 0 Å². The first-order valence-electron chi connectivity index (χ1n) is 7.61. The van der Waals surface area contributed by atoms with Crippen molar-refractivity contribution in [2.75, 3.05) is 5.32 Å². The largest absolute Gasteiger partial charge is 0.304 e. The van der Waals surface area contributed by atoms with E-state index in [-0.39, 0.29) is 5.91 Å². The van der Waals surface area contributed by atoms with Crippen molar-refractivity contribution >= 4 is 17.2 Å². The number of pyridine rings is 1. The number of anilines is 1. The third-order valence-corrected chi connectivity index (χ3v) is 3.67. The van der Waals surface area contributed by atoms with E-state index in [0.717, 1.165) is 11.1 Å². The van der Waals surface area contributed by atoms with Crippen LogP contribution < -0.4 is 5.32 Å². The lowest BCUT2D eigenvalue weighted by Gasteiger charge is -2.01. The first-order valence-corrected chi connectivity index (χ1v) is 7.61. The summed E-state index contributed by atoms with van der Waals surface area (Å²) in [5.41, 5.74) is 2.38. The minimum atomic E-state index is -0.274. The van der Waals surface area contributed by atoms with Crippen molar-refractivity contribution in [3.63, 3.8) is 0 Å². The number of hydrogen-bond donors (Lipinski definition) is 1. The lowest BCUT2D eigenvalue weighted by Crippen LogP contribution is -2.13. The Balaban J connectivity index is 1.48. The van der Waals surface area contributed by atoms with Crippen LogP contribution in [0.4, 0.5) is 5.82 Å². The predicted molar refractivity (Wildman–Crippen MR) is 90.9 cm³/mol. The number of aromatic nitrogens is 4. The van der Waals surface area contributed by atoms with Crippen molar-refractivity contribution in [3.8, 4) is 0 Å². The zero-order valence-electron chi connectivity index (χ0n) is 12.8. The second-order valence-corrected chi connectivity index (χ2v) is 5.44. The lowest BCUT2D eigenvalue weighted by molar-refractivity contribution is 0.102. The second-order valence-electron chi connectivity index (χ2n) is 5.44. The van der Waals surface area contributed by atoms with Gasteiger partial charge in [0.2, 0.25) is 0 Å². The maximum Gasteiger partial charge on any atom is 0.277 e. The van der Waals surface area contributed by atoms with Crippen LogP contribution in [0.3, 0.4) is 0 Å². The fourth-order valence-corrected chi connectivity index (χ4v) is 2.52. The van der Waals surface area contributed by atoms with Crippen LogP contribution in [-0.2, 0) is 6.54 Å². The van der Waals surface area contributed by atoms with E-state index in [1.165, 1.54) is 0 Å². The van der Waals surface area contributed by atoms with Gasteiger partial charge in [0, 0.05) is 18.5 Å². The fourth-order valence-electron chi connectivity index (χ4n) is 2.52. The van der Waals surface area contributed by atoms with Gasteiger partial charge in [-0.1, -0.05) is 36.4 Å². The Morgan fingerprint density at radius 2 is 1.79 bits per heavy atom. The molecule has 0 aliphatic rings. The molecule has 6 nitrogen and oxygen atoms in total. The average Bonchev–Trinajstić information content (AvgIpc) is 3.22. The Bertz CT molecular complexity index is 954. The van der Waals surface area contributed by atoms with Crippen molar-refractivity contribution in [1.29, 1.82) is 0 Å². The molecule has 118 valence electrons. The third kappa shape index (κ3) is 2.89. The predicted octanol–water partition coefficient (Wildman–Crippen LogP) is 2.83. The van der Waals surface area contributed by atoms with Crippen molar-refractivity contribution in [2.45, 2.75) is 6.54 Å². The molecule has 0 spiro atoms. The van der Waals surface area contributed by atoms with Gasteiger partial charge in [0.05, 0.1) is 12.1 Å². The van der Waals surface area contributed by atoms with Crippen molar-refractivity contribution < 1.29 is 4.79 Å². The standard InChI is InChI=1S/C18H15N5O/c24-18(16-12-15-8-4-5-10-23(15)20-16)19-17-9-11-22(21-17)13-14-6-2-1-3-7-14/h1-12H,13H2,(H,19,21,24). The van der Waals surface area contributed by atoms with E-state index in [1.54, 1.807) is 27.5 Å². The number of amides is 1. The molecule has 0 atom stereocenters. The molecule has 6 heteroatoms.